The van der Waals surface area contributed by atoms with Crippen molar-refractivity contribution in [3.8, 4) is 11.5 Å². The van der Waals surface area contributed by atoms with Crippen LogP contribution >= 0.6 is 0 Å². The van der Waals surface area contributed by atoms with Crippen molar-refractivity contribution in [3.05, 3.63) is 35.0 Å². The highest BCUT2D eigenvalue weighted by molar-refractivity contribution is 5.52. The van der Waals surface area contributed by atoms with E-state index in [2.05, 4.69) is 9.97 Å². The van der Waals surface area contributed by atoms with Crippen molar-refractivity contribution in [3.63, 3.8) is 0 Å². The second-order valence-corrected chi connectivity index (χ2v) is 5.15. The van der Waals surface area contributed by atoms with Gasteiger partial charge in [0.15, 0.2) is 0 Å². The molecule has 0 amide bonds. The van der Waals surface area contributed by atoms with E-state index in [9.17, 15) is 5.11 Å². The maximum absolute atomic E-state index is 10.2. The van der Waals surface area contributed by atoms with Crippen molar-refractivity contribution in [1.29, 1.82) is 0 Å². The zero-order chi connectivity index (χ0) is 17.0. The maximum atomic E-state index is 10.2. The van der Waals surface area contributed by atoms with Gasteiger partial charge in [0.25, 0.3) is 0 Å². The summed E-state index contributed by atoms with van der Waals surface area (Å²) in [5, 5.41) is 10.2. The Hall–Kier alpha value is -2.54. The number of nitrogen functional groups attached to an aromatic ring is 2. The van der Waals surface area contributed by atoms with Gasteiger partial charge in [0.05, 0.1) is 25.9 Å². The zero-order valence-corrected chi connectivity index (χ0v) is 13.5. The molecule has 1 atom stereocenters. The zero-order valence-electron chi connectivity index (χ0n) is 13.5. The minimum absolute atomic E-state index is 0.142. The monoisotopic (exact) mass is 318 g/mol. The van der Waals surface area contributed by atoms with E-state index in [1.807, 2.05) is 19.1 Å². The van der Waals surface area contributed by atoms with E-state index in [0.717, 1.165) is 11.1 Å². The Balaban J connectivity index is 2.43. The molecule has 0 fully saturated rings. The molecule has 0 aliphatic heterocycles. The quantitative estimate of drug-likeness (QED) is 0.742. The van der Waals surface area contributed by atoms with Gasteiger partial charge in [-0.05, 0) is 24.1 Å². The van der Waals surface area contributed by atoms with Crippen molar-refractivity contribution in [2.24, 2.45) is 0 Å². The molecule has 5 N–H and O–H groups in total. The van der Waals surface area contributed by atoms with E-state index in [-0.39, 0.29) is 5.95 Å². The largest absolute Gasteiger partial charge is 0.496 e. The first kappa shape index (κ1) is 16.8. The number of hydrogen-bond donors (Lipinski definition) is 3. The van der Waals surface area contributed by atoms with Gasteiger partial charge in [-0.25, -0.2) is 4.98 Å². The van der Waals surface area contributed by atoms with E-state index in [0.29, 0.717) is 35.7 Å². The fourth-order valence-corrected chi connectivity index (χ4v) is 2.42. The van der Waals surface area contributed by atoms with Gasteiger partial charge in [-0.1, -0.05) is 6.92 Å². The van der Waals surface area contributed by atoms with Gasteiger partial charge >= 0.3 is 0 Å². The molecule has 0 saturated carbocycles. The number of methoxy groups -OCH3 is 2. The van der Waals surface area contributed by atoms with E-state index in [1.165, 1.54) is 0 Å². The normalized spacial score (nSPS) is 12.0. The highest BCUT2D eigenvalue weighted by atomic mass is 16.5. The summed E-state index contributed by atoms with van der Waals surface area (Å²) >= 11 is 0. The summed E-state index contributed by atoms with van der Waals surface area (Å²) < 4.78 is 10.8. The lowest BCUT2D eigenvalue weighted by Crippen LogP contribution is -2.06. The highest BCUT2D eigenvalue weighted by Crippen LogP contribution is 2.37. The lowest BCUT2D eigenvalue weighted by Gasteiger charge is -2.19. The number of aromatic nitrogens is 2. The molecule has 23 heavy (non-hydrogen) atoms. The molecule has 0 saturated heterocycles. The van der Waals surface area contributed by atoms with Crippen molar-refractivity contribution < 1.29 is 14.6 Å². The first-order valence-corrected chi connectivity index (χ1v) is 7.29. The van der Waals surface area contributed by atoms with Gasteiger partial charge in [-0.2, -0.15) is 4.98 Å². The van der Waals surface area contributed by atoms with Crippen LogP contribution in [0, 0.1) is 0 Å². The van der Waals surface area contributed by atoms with Gasteiger partial charge in [0.1, 0.15) is 17.3 Å². The number of anilines is 2. The highest BCUT2D eigenvalue weighted by Gasteiger charge is 2.19. The number of nitrogens with zero attached hydrogens (tertiary/aromatic N) is 2. The van der Waals surface area contributed by atoms with Crippen molar-refractivity contribution >= 4 is 11.8 Å². The lowest BCUT2D eigenvalue weighted by atomic mass is 9.99. The average molecular weight is 318 g/mol. The van der Waals surface area contributed by atoms with Crippen molar-refractivity contribution in [2.75, 3.05) is 25.7 Å². The van der Waals surface area contributed by atoms with E-state index in [1.54, 1.807) is 20.4 Å². The molecule has 1 aromatic carbocycles. The Morgan fingerprint density at radius 2 is 1.78 bits per heavy atom. The third kappa shape index (κ3) is 3.62. The number of hydrogen-bond acceptors (Lipinski definition) is 7. The van der Waals surface area contributed by atoms with Gasteiger partial charge in [0.2, 0.25) is 5.95 Å². The van der Waals surface area contributed by atoms with Gasteiger partial charge < -0.3 is 26.0 Å². The molecule has 0 bridgehead atoms. The second-order valence-electron chi connectivity index (χ2n) is 5.15. The van der Waals surface area contributed by atoms with Crippen LogP contribution in [0.15, 0.2) is 18.3 Å². The number of benzene rings is 1. The third-order valence-corrected chi connectivity index (χ3v) is 3.63. The number of aliphatic hydroxyl groups is 1. The Morgan fingerprint density at radius 3 is 2.26 bits per heavy atom. The smallest absolute Gasteiger partial charge is 0.221 e. The molecule has 0 aliphatic rings. The van der Waals surface area contributed by atoms with Crippen LogP contribution in [0.25, 0.3) is 0 Å². The van der Waals surface area contributed by atoms with Gasteiger partial charge in [-0.15, -0.1) is 0 Å². The molecule has 124 valence electrons. The molecule has 1 heterocycles. The summed E-state index contributed by atoms with van der Waals surface area (Å²) in [6.07, 6.45) is 2.01. The molecular weight excluding hydrogens is 296 g/mol. The Labute approximate surface area is 135 Å². The molecule has 7 heteroatoms. The fourth-order valence-electron chi connectivity index (χ4n) is 2.42. The van der Waals surface area contributed by atoms with Gasteiger partial charge in [-0.3, -0.25) is 0 Å². The van der Waals surface area contributed by atoms with Gasteiger partial charge in [0, 0.05) is 18.2 Å². The molecule has 0 spiro atoms. The number of aliphatic hydroxyl groups excluding tert-OH is 1. The Bertz CT molecular complexity index is 666. The summed E-state index contributed by atoms with van der Waals surface area (Å²) in [5.41, 5.74) is 13.7. The van der Waals surface area contributed by atoms with E-state index >= 15 is 0 Å². The van der Waals surface area contributed by atoms with Crippen molar-refractivity contribution in [2.45, 2.75) is 25.9 Å². The molecule has 2 rings (SSSR count). The minimum atomic E-state index is -0.654. The first-order chi connectivity index (χ1) is 11.0. The van der Waals surface area contributed by atoms with Crippen LogP contribution in [0.4, 0.5) is 11.8 Å². The minimum Gasteiger partial charge on any atom is -0.496 e. The molecule has 0 radical (unpaired) electrons. The van der Waals surface area contributed by atoms with Crippen LogP contribution in [0.2, 0.25) is 0 Å². The van der Waals surface area contributed by atoms with Crippen LogP contribution in [0.1, 0.15) is 36.1 Å². The predicted octanol–water partition coefficient (Wildman–Crippen LogP) is 1.69. The SMILES string of the molecule is CCC(O)c1c(OC)cc(Cc2cnc(N)nc2N)cc1OC. The standard InChI is InChI=1S/C16H22N4O3/c1-4-11(21)14-12(22-2)6-9(7-13(14)23-3)5-10-8-19-16(18)20-15(10)17/h6-8,11,21H,4-5H2,1-3H3,(H4,17,18,19,20). The molecule has 1 aromatic heterocycles. The van der Waals surface area contributed by atoms with Crippen LogP contribution < -0.4 is 20.9 Å². The van der Waals surface area contributed by atoms with Crippen LogP contribution in [-0.4, -0.2) is 29.3 Å². The van der Waals surface area contributed by atoms with Crippen LogP contribution in [0.5, 0.6) is 11.5 Å². The average Bonchev–Trinajstić information content (AvgIpc) is 2.55. The van der Waals surface area contributed by atoms with Crippen LogP contribution in [-0.2, 0) is 6.42 Å². The molecular formula is C16H22N4O3. The van der Waals surface area contributed by atoms with E-state index < -0.39 is 6.10 Å². The van der Waals surface area contributed by atoms with Crippen LogP contribution in [0.3, 0.4) is 0 Å². The predicted molar refractivity (Wildman–Crippen MR) is 88.5 cm³/mol. The summed E-state index contributed by atoms with van der Waals surface area (Å²) in [7, 11) is 3.12. The Kier molecular flexibility index (Phi) is 5.23. The Morgan fingerprint density at radius 1 is 1.17 bits per heavy atom. The number of rotatable bonds is 6. The molecule has 2 aromatic rings. The number of ether oxygens (including phenoxy) is 2. The third-order valence-electron chi connectivity index (χ3n) is 3.63. The maximum Gasteiger partial charge on any atom is 0.221 e. The summed E-state index contributed by atoms with van der Waals surface area (Å²) in [5.74, 6) is 1.63. The molecule has 7 nitrogen and oxygen atoms in total. The lowest BCUT2D eigenvalue weighted by molar-refractivity contribution is 0.165. The molecule has 0 aliphatic carbocycles. The summed E-state index contributed by atoms with van der Waals surface area (Å²) in [4.78, 5) is 7.92. The topological polar surface area (TPSA) is 117 Å². The first-order valence-electron chi connectivity index (χ1n) is 7.29. The molecule has 1 unspecified atom stereocenters. The summed E-state index contributed by atoms with van der Waals surface area (Å²) in [6.45, 7) is 1.89. The van der Waals surface area contributed by atoms with E-state index in [4.69, 9.17) is 20.9 Å². The summed E-state index contributed by atoms with van der Waals surface area (Å²) in [6, 6.07) is 3.71. The number of nitrogens with two attached hydrogens (primary N) is 2. The fraction of sp³-hybridized carbons (Fsp3) is 0.375. The second kappa shape index (κ2) is 7.15. The van der Waals surface area contributed by atoms with Crippen molar-refractivity contribution in [1.82, 2.24) is 9.97 Å².